The number of nitrogens with one attached hydrogen (secondary N) is 1. The minimum atomic E-state index is -0.745. The van der Waals surface area contributed by atoms with Crippen molar-refractivity contribution in [1.82, 2.24) is 4.98 Å². The first-order valence-corrected chi connectivity index (χ1v) is 11.9. The fourth-order valence-electron chi connectivity index (χ4n) is 4.39. The molecule has 0 aliphatic heterocycles. The van der Waals surface area contributed by atoms with Crippen molar-refractivity contribution in [2.45, 2.75) is 45.4 Å². The van der Waals surface area contributed by atoms with E-state index in [1.807, 2.05) is 56.3 Å². The number of benzene rings is 2. The number of aromatic nitrogens is 1. The predicted molar refractivity (Wildman–Crippen MR) is 131 cm³/mol. The minimum Gasteiger partial charge on any atom is -0.493 e. The summed E-state index contributed by atoms with van der Waals surface area (Å²) in [6, 6.07) is 14.0. The van der Waals surface area contributed by atoms with Crippen LogP contribution in [0.25, 0.3) is 11.5 Å². The molecule has 1 aliphatic carbocycles. The number of fused-ring (bicyclic) bond motifs is 1. The topological polar surface area (TPSA) is 93.8 Å². The molecule has 180 valence electrons. The van der Waals surface area contributed by atoms with Crippen LogP contribution in [0.5, 0.6) is 5.75 Å². The SMILES string of the molecule is CCOCCNc1ccc(-c2nc(CCOc3ccc4c(c3)CC[C@H]4CC(=O)O)c(C)o2)cc1. The Kier molecular flexibility index (Phi) is 7.85. The molecule has 1 atom stereocenters. The summed E-state index contributed by atoms with van der Waals surface area (Å²) in [4.78, 5) is 15.7. The Bertz CT molecular complexity index is 1110. The smallest absolute Gasteiger partial charge is 0.303 e. The third-order valence-corrected chi connectivity index (χ3v) is 6.15. The molecule has 1 heterocycles. The molecule has 0 fully saturated rings. The Morgan fingerprint density at radius 3 is 2.79 bits per heavy atom. The van der Waals surface area contributed by atoms with Crippen molar-refractivity contribution in [1.29, 1.82) is 0 Å². The molecule has 2 aromatic carbocycles. The van der Waals surface area contributed by atoms with Crippen LogP contribution >= 0.6 is 0 Å². The second-order valence-electron chi connectivity index (χ2n) is 8.52. The summed E-state index contributed by atoms with van der Waals surface area (Å²) in [6.07, 6.45) is 2.62. The lowest BCUT2D eigenvalue weighted by atomic mass is 9.98. The Labute approximate surface area is 200 Å². The zero-order valence-electron chi connectivity index (χ0n) is 19.8. The van der Waals surface area contributed by atoms with Gasteiger partial charge in [0.05, 0.1) is 25.3 Å². The number of nitrogens with zero attached hydrogens (tertiary/aromatic N) is 1. The van der Waals surface area contributed by atoms with Crippen LogP contribution in [0.15, 0.2) is 46.9 Å². The van der Waals surface area contributed by atoms with Crippen molar-refractivity contribution in [3.63, 3.8) is 0 Å². The average Bonchev–Trinajstić information content (AvgIpc) is 3.40. The minimum absolute atomic E-state index is 0.109. The van der Waals surface area contributed by atoms with E-state index in [0.717, 1.165) is 60.0 Å². The van der Waals surface area contributed by atoms with Crippen LogP contribution in [0.3, 0.4) is 0 Å². The molecule has 3 aromatic rings. The molecule has 7 nitrogen and oxygen atoms in total. The maximum Gasteiger partial charge on any atom is 0.303 e. The van der Waals surface area contributed by atoms with Crippen molar-refractivity contribution in [2.75, 3.05) is 31.7 Å². The number of rotatable bonds is 12. The van der Waals surface area contributed by atoms with Gasteiger partial charge in [0.25, 0.3) is 0 Å². The zero-order valence-corrected chi connectivity index (χ0v) is 19.8. The third kappa shape index (κ3) is 5.97. The van der Waals surface area contributed by atoms with Gasteiger partial charge in [-0.3, -0.25) is 4.79 Å². The quantitative estimate of drug-likeness (QED) is 0.355. The summed E-state index contributed by atoms with van der Waals surface area (Å²) in [5.74, 6) is 1.57. The van der Waals surface area contributed by atoms with Gasteiger partial charge in [0.2, 0.25) is 5.89 Å². The van der Waals surface area contributed by atoms with Crippen molar-refractivity contribution < 1.29 is 23.8 Å². The number of hydrogen-bond donors (Lipinski definition) is 2. The van der Waals surface area contributed by atoms with Crippen LogP contribution in [-0.2, 0) is 22.4 Å². The lowest BCUT2D eigenvalue weighted by molar-refractivity contribution is -0.137. The fourth-order valence-corrected chi connectivity index (χ4v) is 4.39. The van der Waals surface area contributed by atoms with Crippen LogP contribution in [-0.4, -0.2) is 42.4 Å². The van der Waals surface area contributed by atoms with Crippen molar-refractivity contribution in [3.8, 4) is 17.2 Å². The number of carbonyl (C=O) groups is 1. The maximum atomic E-state index is 11.1. The molecule has 0 radical (unpaired) electrons. The number of ether oxygens (including phenoxy) is 2. The molecule has 1 aliphatic rings. The first kappa shape index (κ1) is 23.8. The Morgan fingerprint density at radius 2 is 2.03 bits per heavy atom. The second kappa shape index (κ2) is 11.2. The molecule has 1 aromatic heterocycles. The summed E-state index contributed by atoms with van der Waals surface area (Å²) < 4.78 is 17.2. The molecule has 34 heavy (non-hydrogen) atoms. The van der Waals surface area contributed by atoms with Gasteiger partial charge in [-0.2, -0.15) is 0 Å². The van der Waals surface area contributed by atoms with Gasteiger partial charge < -0.3 is 24.3 Å². The van der Waals surface area contributed by atoms with Gasteiger partial charge in [-0.15, -0.1) is 0 Å². The molecule has 2 N–H and O–H groups in total. The molecule has 0 spiro atoms. The van der Waals surface area contributed by atoms with Crippen LogP contribution in [0.2, 0.25) is 0 Å². The van der Waals surface area contributed by atoms with E-state index in [0.29, 0.717) is 25.5 Å². The molecule has 0 unspecified atom stereocenters. The van der Waals surface area contributed by atoms with E-state index in [1.54, 1.807) is 0 Å². The Balaban J connectivity index is 1.30. The highest BCUT2D eigenvalue weighted by atomic mass is 16.5. The van der Waals surface area contributed by atoms with Gasteiger partial charge in [-0.05, 0) is 80.1 Å². The van der Waals surface area contributed by atoms with E-state index < -0.39 is 5.97 Å². The number of anilines is 1. The highest BCUT2D eigenvalue weighted by Crippen LogP contribution is 2.37. The van der Waals surface area contributed by atoms with Crippen molar-refractivity contribution in [2.24, 2.45) is 0 Å². The number of oxazole rings is 1. The number of aryl methyl sites for hydroxylation is 2. The Morgan fingerprint density at radius 1 is 1.21 bits per heavy atom. The molecule has 4 rings (SSSR count). The number of carboxylic acid groups (broad SMARTS) is 1. The van der Waals surface area contributed by atoms with Gasteiger partial charge >= 0.3 is 5.97 Å². The van der Waals surface area contributed by atoms with Gasteiger partial charge in [0, 0.05) is 30.8 Å². The zero-order chi connectivity index (χ0) is 23.9. The molecular weight excluding hydrogens is 432 g/mol. The average molecular weight is 465 g/mol. The summed E-state index contributed by atoms with van der Waals surface area (Å²) in [7, 11) is 0. The molecular formula is C27H32N2O5. The van der Waals surface area contributed by atoms with Crippen LogP contribution < -0.4 is 10.1 Å². The maximum absolute atomic E-state index is 11.1. The van der Waals surface area contributed by atoms with E-state index in [4.69, 9.17) is 19.0 Å². The lowest BCUT2D eigenvalue weighted by Crippen LogP contribution is -2.08. The van der Waals surface area contributed by atoms with Gasteiger partial charge in [-0.1, -0.05) is 6.07 Å². The standard InChI is InChI=1S/C27H32N2O5/c1-3-32-15-13-28-22-8-6-19(7-9-22)27-29-25(18(2)34-27)12-14-33-23-10-11-24-20(16-23)4-5-21(24)17-26(30)31/h6-11,16,21,28H,3-5,12-15,17H2,1-2H3,(H,30,31)/t21-/m0/s1. The van der Waals surface area contributed by atoms with E-state index in [1.165, 1.54) is 5.56 Å². The van der Waals surface area contributed by atoms with Crippen molar-refractivity contribution in [3.05, 3.63) is 65.0 Å². The van der Waals surface area contributed by atoms with Gasteiger partial charge in [0.15, 0.2) is 0 Å². The normalized spacial score (nSPS) is 14.7. The molecule has 0 saturated heterocycles. The molecule has 7 heteroatoms. The summed E-state index contributed by atoms with van der Waals surface area (Å²) >= 11 is 0. The first-order valence-electron chi connectivity index (χ1n) is 11.9. The summed E-state index contributed by atoms with van der Waals surface area (Å²) in [5, 5.41) is 12.4. The monoisotopic (exact) mass is 464 g/mol. The Hall–Kier alpha value is -3.32. The van der Waals surface area contributed by atoms with Crippen LogP contribution in [0.1, 0.15) is 48.3 Å². The second-order valence-corrected chi connectivity index (χ2v) is 8.52. The first-order chi connectivity index (χ1) is 16.5. The molecule has 0 amide bonds. The summed E-state index contributed by atoms with van der Waals surface area (Å²) in [6.45, 7) is 6.57. The van der Waals surface area contributed by atoms with E-state index in [9.17, 15) is 4.79 Å². The van der Waals surface area contributed by atoms with Gasteiger partial charge in [0.1, 0.15) is 11.5 Å². The van der Waals surface area contributed by atoms with Crippen molar-refractivity contribution >= 4 is 11.7 Å². The molecule has 0 saturated carbocycles. The number of aliphatic carboxylic acids is 1. The third-order valence-electron chi connectivity index (χ3n) is 6.15. The predicted octanol–water partition coefficient (Wildman–Crippen LogP) is 5.22. The largest absolute Gasteiger partial charge is 0.493 e. The van der Waals surface area contributed by atoms with E-state index >= 15 is 0 Å². The number of carboxylic acids is 1. The van der Waals surface area contributed by atoms with Crippen LogP contribution in [0, 0.1) is 6.92 Å². The highest BCUT2D eigenvalue weighted by molar-refractivity contribution is 5.68. The highest BCUT2D eigenvalue weighted by Gasteiger charge is 2.25. The summed E-state index contributed by atoms with van der Waals surface area (Å²) in [5.41, 5.74) is 5.18. The molecule has 0 bridgehead atoms. The number of hydrogen-bond acceptors (Lipinski definition) is 6. The van der Waals surface area contributed by atoms with Crippen LogP contribution in [0.4, 0.5) is 5.69 Å². The lowest BCUT2D eigenvalue weighted by Gasteiger charge is -2.10. The van der Waals surface area contributed by atoms with E-state index in [2.05, 4.69) is 10.3 Å². The van der Waals surface area contributed by atoms with Gasteiger partial charge in [-0.25, -0.2) is 4.98 Å². The fraction of sp³-hybridized carbons (Fsp3) is 0.407. The van der Waals surface area contributed by atoms with E-state index in [-0.39, 0.29) is 12.3 Å².